The molecule has 1 aliphatic rings. The number of hydrogen-bond acceptors (Lipinski definition) is 8. The van der Waals surface area contributed by atoms with Gasteiger partial charge in [-0.15, -0.1) is 11.3 Å². The van der Waals surface area contributed by atoms with Crippen molar-refractivity contribution in [3.8, 4) is 11.1 Å². The minimum absolute atomic E-state index is 0.0179. The van der Waals surface area contributed by atoms with Crippen LogP contribution in [0.5, 0.6) is 0 Å². The van der Waals surface area contributed by atoms with E-state index in [-0.39, 0.29) is 28.9 Å². The van der Waals surface area contributed by atoms with Gasteiger partial charge in [-0.3, -0.25) is 18.7 Å². The quantitative estimate of drug-likeness (QED) is 0.198. The van der Waals surface area contributed by atoms with Gasteiger partial charge in [0.15, 0.2) is 10.9 Å². The van der Waals surface area contributed by atoms with Crippen LogP contribution < -0.4 is 11.2 Å². The number of benzene rings is 2. The van der Waals surface area contributed by atoms with Crippen LogP contribution in [0.2, 0.25) is 0 Å². The van der Waals surface area contributed by atoms with Crippen LogP contribution in [0.4, 0.5) is 0 Å². The Balaban J connectivity index is 1.03. The number of thioether (sulfide) groups is 1. The highest BCUT2D eigenvalue weighted by Gasteiger charge is 2.28. The molecule has 6 aromatic rings. The first-order valence-corrected chi connectivity index (χ1v) is 15.8. The Kier molecular flexibility index (Phi) is 7.02. The van der Waals surface area contributed by atoms with E-state index < -0.39 is 0 Å². The third kappa shape index (κ3) is 4.90. The first-order valence-electron chi connectivity index (χ1n) is 14.0. The number of thiophene rings is 1. The van der Waals surface area contributed by atoms with Gasteiger partial charge in [0, 0.05) is 36.6 Å². The summed E-state index contributed by atoms with van der Waals surface area (Å²) < 4.78 is 9.01. The molecule has 10 nitrogen and oxygen atoms in total. The first kappa shape index (κ1) is 27.4. The Morgan fingerprint density at radius 3 is 2.60 bits per heavy atom. The number of fused-ring (bicyclic) bond motifs is 2. The average molecular weight is 613 g/mol. The van der Waals surface area contributed by atoms with E-state index >= 15 is 0 Å². The molecule has 218 valence electrons. The molecule has 0 unspecified atom stereocenters. The van der Waals surface area contributed by atoms with Crippen molar-refractivity contribution in [2.24, 2.45) is 7.05 Å². The van der Waals surface area contributed by atoms with Gasteiger partial charge in [0.2, 0.25) is 5.89 Å². The highest BCUT2D eigenvalue weighted by molar-refractivity contribution is 7.98. The summed E-state index contributed by atoms with van der Waals surface area (Å²) in [4.78, 5) is 54.9. The van der Waals surface area contributed by atoms with Crippen molar-refractivity contribution in [1.82, 2.24) is 29.0 Å². The number of amides is 1. The third-order valence-electron chi connectivity index (χ3n) is 7.97. The van der Waals surface area contributed by atoms with Crippen LogP contribution in [-0.4, -0.2) is 48.0 Å². The zero-order valence-corrected chi connectivity index (χ0v) is 25.2. The number of nitrogens with one attached hydrogen (secondary N) is 1. The van der Waals surface area contributed by atoms with E-state index in [1.807, 2.05) is 61.5 Å². The van der Waals surface area contributed by atoms with Gasteiger partial charge in [0.05, 0.1) is 22.2 Å². The highest BCUT2D eigenvalue weighted by atomic mass is 32.2. The Labute approximate surface area is 254 Å². The Morgan fingerprint density at radius 2 is 1.81 bits per heavy atom. The highest BCUT2D eigenvalue weighted by Crippen LogP contribution is 2.36. The number of oxazole rings is 1. The van der Waals surface area contributed by atoms with E-state index in [9.17, 15) is 14.4 Å². The summed E-state index contributed by atoms with van der Waals surface area (Å²) >= 11 is 2.85. The summed E-state index contributed by atoms with van der Waals surface area (Å²) in [6, 6.07) is 17.6. The third-order valence-corrected chi connectivity index (χ3v) is 9.98. The molecule has 0 aliphatic carbocycles. The van der Waals surface area contributed by atoms with E-state index in [0.717, 1.165) is 27.0 Å². The fraction of sp³-hybridized carbons (Fsp3) is 0.258. The van der Waals surface area contributed by atoms with Crippen molar-refractivity contribution < 1.29 is 9.21 Å². The number of aromatic nitrogens is 5. The second kappa shape index (κ2) is 11.0. The number of imidazole rings is 1. The number of H-pyrrole nitrogens is 1. The normalized spacial score (nSPS) is 14.2. The van der Waals surface area contributed by atoms with Gasteiger partial charge in [-0.1, -0.05) is 54.2 Å². The molecule has 4 aromatic heterocycles. The molecule has 1 aliphatic heterocycles. The first-order chi connectivity index (χ1) is 20.9. The van der Waals surface area contributed by atoms with Crippen LogP contribution in [0, 0.1) is 6.92 Å². The standard InChI is InChI=1S/C31H28N6O4S2/c1-18-25(19-8-4-3-5-9-19)26-27(43-18)34-31(35(2)29(26)39)42-17-24-32-22(16-41-24)28(38)36-14-12-20(13-15-36)37-23-11-7-6-10-21(23)33-30(37)40/h3-11,16,20H,12-15,17H2,1-2H3,(H,33,40). The molecule has 1 N–H and O–H groups in total. The summed E-state index contributed by atoms with van der Waals surface area (Å²) in [5.41, 5.74) is 3.65. The number of carbonyl (C=O) groups is 1. The van der Waals surface area contributed by atoms with E-state index in [1.54, 1.807) is 21.1 Å². The van der Waals surface area contributed by atoms with Crippen molar-refractivity contribution >= 4 is 50.3 Å². The monoisotopic (exact) mass is 612 g/mol. The number of aromatic amines is 1. The second-order valence-electron chi connectivity index (χ2n) is 10.6. The average Bonchev–Trinajstić information content (AvgIpc) is 3.73. The lowest BCUT2D eigenvalue weighted by molar-refractivity contribution is 0.0689. The fourth-order valence-corrected chi connectivity index (χ4v) is 7.74. The minimum atomic E-state index is -0.195. The van der Waals surface area contributed by atoms with Crippen molar-refractivity contribution in [3.63, 3.8) is 0 Å². The maximum atomic E-state index is 13.4. The van der Waals surface area contributed by atoms with Gasteiger partial charge in [-0.25, -0.2) is 14.8 Å². The van der Waals surface area contributed by atoms with Gasteiger partial charge in [-0.2, -0.15) is 0 Å². The lowest BCUT2D eigenvalue weighted by Gasteiger charge is -2.32. The predicted molar refractivity (Wildman–Crippen MR) is 168 cm³/mol. The van der Waals surface area contributed by atoms with Crippen molar-refractivity contribution in [3.05, 3.63) is 98.2 Å². The van der Waals surface area contributed by atoms with Gasteiger partial charge in [-0.05, 0) is 37.5 Å². The topological polar surface area (TPSA) is 119 Å². The second-order valence-corrected chi connectivity index (χ2v) is 12.7. The number of hydrogen-bond donors (Lipinski definition) is 1. The van der Waals surface area contributed by atoms with Gasteiger partial charge >= 0.3 is 5.69 Å². The largest absolute Gasteiger partial charge is 0.447 e. The van der Waals surface area contributed by atoms with Crippen LogP contribution in [0.15, 0.2) is 80.0 Å². The molecule has 43 heavy (non-hydrogen) atoms. The van der Waals surface area contributed by atoms with Gasteiger partial charge in [0.1, 0.15) is 11.1 Å². The van der Waals surface area contributed by atoms with Gasteiger partial charge in [0.25, 0.3) is 11.5 Å². The SMILES string of the molecule is Cc1sc2nc(SCc3nc(C(=O)N4CCC(n5c(=O)[nH]c6ccccc65)CC4)co3)n(C)c(=O)c2c1-c1ccccc1. The number of aryl methyl sites for hydroxylation is 1. The lowest BCUT2D eigenvalue weighted by atomic mass is 10.0. The van der Waals surface area contributed by atoms with E-state index in [0.29, 0.717) is 52.9 Å². The number of carbonyl (C=O) groups excluding carboxylic acids is 1. The summed E-state index contributed by atoms with van der Waals surface area (Å²) in [7, 11) is 1.72. The minimum Gasteiger partial charge on any atom is -0.447 e. The molecule has 0 atom stereocenters. The lowest BCUT2D eigenvalue weighted by Crippen LogP contribution is -2.40. The molecular formula is C31H28N6O4S2. The molecule has 12 heteroatoms. The van der Waals surface area contributed by atoms with Crippen molar-refractivity contribution in [1.29, 1.82) is 0 Å². The molecule has 7 rings (SSSR count). The molecule has 0 bridgehead atoms. The molecule has 0 spiro atoms. The van der Waals surface area contributed by atoms with E-state index in [1.165, 1.54) is 29.4 Å². The number of likely N-dealkylation sites (tertiary alicyclic amines) is 1. The number of nitrogens with zero attached hydrogens (tertiary/aromatic N) is 5. The maximum Gasteiger partial charge on any atom is 0.326 e. The smallest absolute Gasteiger partial charge is 0.326 e. The Hall–Kier alpha value is -4.42. The fourth-order valence-electron chi connectivity index (χ4n) is 5.83. The summed E-state index contributed by atoms with van der Waals surface area (Å²) in [6.07, 6.45) is 2.73. The predicted octanol–water partition coefficient (Wildman–Crippen LogP) is 5.37. The van der Waals surface area contributed by atoms with Crippen molar-refractivity contribution in [2.75, 3.05) is 13.1 Å². The summed E-state index contributed by atoms with van der Waals surface area (Å²) in [6.45, 7) is 3.05. The van der Waals surface area contributed by atoms with Crippen LogP contribution >= 0.6 is 23.1 Å². The molecule has 2 aromatic carbocycles. The van der Waals surface area contributed by atoms with Crippen LogP contribution in [-0.2, 0) is 12.8 Å². The molecule has 1 fully saturated rings. The van der Waals surface area contributed by atoms with E-state index in [2.05, 4.69) is 9.97 Å². The van der Waals surface area contributed by atoms with Crippen LogP contribution in [0.3, 0.4) is 0 Å². The van der Waals surface area contributed by atoms with E-state index in [4.69, 9.17) is 9.40 Å². The number of para-hydroxylation sites is 2. The summed E-state index contributed by atoms with van der Waals surface area (Å²) in [5.74, 6) is 0.509. The molecule has 5 heterocycles. The molecule has 0 saturated carbocycles. The Morgan fingerprint density at radius 1 is 1.07 bits per heavy atom. The molecule has 1 amide bonds. The number of piperidine rings is 1. The van der Waals surface area contributed by atoms with Crippen LogP contribution in [0.1, 0.15) is 40.1 Å². The maximum absolute atomic E-state index is 13.4. The van der Waals surface area contributed by atoms with Gasteiger partial charge < -0.3 is 14.3 Å². The van der Waals surface area contributed by atoms with Crippen molar-refractivity contribution in [2.45, 2.75) is 36.7 Å². The zero-order chi connectivity index (χ0) is 29.7. The molecule has 1 saturated heterocycles. The molecular weight excluding hydrogens is 585 g/mol. The van der Waals surface area contributed by atoms with Crippen LogP contribution in [0.25, 0.3) is 32.4 Å². The summed E-state index contributed by atoms with van der Waals surface area (Å²) in [5, 5.41) is 1.18. The number of rotatable bonds is 6. The molecule has 0 radical (unpaired) electrons. The Bertz CT molecular complexity index is 2100. The zero-order valence-electron chi connectivity index (χ0n) is 23.6.